The van der Waals surface area contributed by atoms with Crippen molar-refractivity contribution >= 4 is 25.3 Å². The van der Waals surface area contributed by atoms with E-state index in [2.05, 4.69) is 41.2 Å². The molecule has 8 heteroatoms. The van der Waals surface area contributed by atoms with Crippen molar-refractivity contribution in [1.82, 2.24) is 14.6 Å². The van der Waals surface area contributed by atoms with Crippen molar-refractivity contribution in [3.8, 4) is 22.7 Å². The van der Waals surface area contributed by atoms with Crippen molar-refractivity contribution in [3.05, 3.63) is 52.3 Å². The molecule has 0 spiro atoms. The number of aromatic nitrogens is 3. The first-order valence-corrected chi connectivity index (χ1v) is 12.1. The number of benzene rings is 1. The summed E-state index contributed by atoms with van der Waals surface area (Å²) in [5.74, 6) is 2.96. The van der Waals surface area contributed by atoms with Crippen molar-refractivity contribution < 1.29 is 13.2 Å². The van der Waals surface area contributed by atoms with Gasteiger partial charge in [-0.05, 0) is 30.7 Å². The summed E-state index contributed by atoms with van der Waals surface area (Å²) in [5, 5.41) is 4.42. The number of aryl methyl sites for hydroxylation is 1. The summed E-state index contributed by atoms with van der Waals surface area (Å²) in [6.07, 6.45) is -3.24. The molecule has 3 aromatic rings. The van der Waals surface area contributed by atoms with Crippen LogP contribution < -0.4 is 0 Å². The van der Waals surface area contributed by atoms with Crippen LogP contribution in [0.5, 0.6) is 0 Å². The van der Waals surface area contributed by atoms with E-state index in [0.717, 1.165) is 16.1 Å². The molecule has 0 saturated carbocycles. The fourth-order valence-electron chi connectivity index (χ4n) is 2.46. The molecule has 2 aromatic heterocycles. The van der Waals surface area contributed by atoms with Gasteiger partial charge in [-0.15, -0.1) is 5.54 Å². The molecule has 0 aliphatic rings. The minimum Gasteiger partial charge on any atom is -0.227 e. The van der Waals surface area contributed by atoms with Gasteiger partial charge < -0.3 is 0 Å². The quantitative estimate of drug-likeness (QED) is 0.388. The maximum atomic E-state index is 13.6. The molecule has 0 fully saturated rings. The lowest BCUT2D eigenvalue weighted by molar-refractivity contribution is -0.142. The van der Waals surface area contributed by atoms with Gasteiger partial charge >= 0.3 is 6.18 Å². The summed E-state index contributed by atoms with van der Waals surface area (Å²) in [4.78, 5) is 4.42. The van der Waals surface area contributed by atoms with E-state index in [9.17, 15) is 13.2 Å². The normalized spacial score (nSPS) is 12.1. The first-order valence-electron chi connectivity index (χ1n) is 8.21. The second-order valence-electron chi connectivity index (χ2n) is 7.28. The van der Waals surface area contributed by atoms with Gasteiger partial charge in [0.15, 0.2) is 11.3 Å². The average molecular weight is 408 g/mol. The molecular weight excluding hydrogens is 391 g/mol. The van der Waals surface area contributed by atoms with E-state index in [-0.39, 0.29) is 11.3 Å². The van der Waals surface area contributed by atoms with Gasteiger partial charge in [-0.1, -0.05) is 43.2 Å². The molecule has 0 unspecified atom stereocenters. The fourth-order valence-corrected chi connectivity index (χ4v) is 3.09. The lowest BCUT2D eigenvalue weighted by Crippen LogP contribution is -2.16. The van der Waals surface area contributed by atoms with Gasteiger partial charge in [0.1, 0.15) is 8.07 Å². The van der Waals surface area contributed by atoms with Crippen LogP contribution >= 0.6 is 11.6 Å². The van der Waals surface area contributed by atoms with Crippen LogP contribution in [0.4, 0.5) is 13.2 Å². The molecular formula is C19H17ClF3N3Si. The second kappa shape index (κ2) is 6.70. The topological polar surface area (TPSA) is 30.2 Å². The molecule has 140 valence electrons. The van der Waals surface area contributed by atoms with Crippen LogP contribution in [0, 0.1) is 18.4 Å². The Hall–Kier alpha value is -2.30. The minimum atomic E-state index is -4.58. The molecule has 0 aliphatic carbocycles. The predicted molar refractivity (Wildman–Crippen MR) is 103 cm³/mol. The first-order chi connectivity index (χ1) is 12.5. The zero-order valence-corrected chi connectivity index (χ0v) is 17.0. The van der Waals surface area contributed by atoms with Crippen LogP contribution in [-0.2, 0) is 6.18 Å². The molecule has 2 heterocycles. The monoisotopic (exact) mass is 407 g/mol. The number of nitrogens with zero attached hydrogens (tertiary/aromatic N) is 3. The predicted octanol–water partition coefficient (Wildman–Crippen LogP) is 5.61. The smallest absolute Gasteiger partial charge is 0.227 e. The molecule has 0 radical (unpaired) electrons. The zero-order valence-electron chi connectivity index (χ0n) is 15.2. The van der Waals surface area contributed by atoms with Crippen molar-refractivity contribution in [2.45, 2.75) is 32.7 Å². The number of rotatable bonds is 1. The summed E-state index contributed by atoms with van der Waals surface area (Å²) in [6.45, 7) is 7.96. The lowest BCUT2D eigenvalue weighted by Gasteiger charge is -2.12. The van der Waals surface area contributed by atoms with E-state index in [4.69, 9.17) is 11.6 Å². The van der Waals surface area contributed by atoms with Gasteiger partial charge in [0, 0.05) is 10.6 Å². The molecule has 3 rings (SSSR count). The van der Waals surface area contributed by atoms with Gasteiger partial charge in [0.2, 0.25) is 0 Å². The van der Waals surface area contributed by atoms with Crippen molar-refractivity contribution in [1.29, 1.82) is 0 Å². The van der Waals surface area contributed by atoms with Crippen LogP contribution in [0.1, 0.15) is 16.8 Å². The van der Waals surface area contributed by atoms with Gasteiger partial charge in [0.25, 0.3) is 0 Å². The first kappa shape index (κ1) is 19.5. The van der Waals surface area contributed by atoms with Crippen LogP contribution in [-0.4, -0.2) is 22.7 Å². The van der Waals surface area contributed by atoms with Crippen molar-refractivity contribution in [2.75, 3.05) is 0 Å². The van der Waals surface area contributed by atoms with Crippen LogP contribution in [0.25, 0.3) is 16.9 Å². The molecule has 0 saturated heterocycles. The summed E-state index contributed by atoms with van der Waals surface area (Å²) in [6, 6.07) is 6.01. The highest BCUT2D eigenvalue weighted by Crippen LogP contribution is 2.33. The van der Waals surface area contributed by atoms with Crippen molar-refractivity contribution in [3.63, 3.8) is 0 Å². The SMILES string of the molecule is Cc1cc(-c2cc(C(F)(F)F)n3ncc(C#C[Si](C)(C)C)c3n2)ccc1Cl. The van der Waals surface area contributed by atoms with E-state index in [1.807, 2.05) is 0 Å². The third kappa shape index (κ3) is 4.17. The van der Waals surface area contributed by atoms with Crippen LogP contribution in [0.15, 0.2) is 30.5 Å². The molecule has 0 bridgehead atoms. The molecule has 0 N–H and O–H groups in total. The largest absolute Gasteiger partial charge is 0.433 e. The summed E-state index contributed by atoms with van der Waals surface area (Å²) in [5.41, 5.74) is 4.25. The van der Waals surface area contributed by atoms with Gasteiger partial charge in [-0.25, -0.2) is 9.50 Å². The highest BCUT2D eigenvalue weighted by atomic mass is 35.5. The minimum absolute atomic E-state index is 0.0955. The van der Waals surface area contributed by atoms with E-state index in [1.165, 1.54) is 6.20 Å². The molecule has 27 heavy (non-hydrogen) atoms. The van der Waals surface area contributed by atoms with E-state index in [0.29, 0.717) is 16.1 Å². The number of alkyl halides is 3. The lowest BCUT2D eigenvalue weighted by atomic mass is 10.1. The Morgan fingerprint density at radius 1 is 1.15 bits per heavy atom. The zero-order chi connectivity index (χ0) is 20.0. The Morgan fingerprint density at radius 2 is 1.85 bits per heavy atom. The molecule has 0 aliphatic heterocycles. The Bertz CT molecular complexity index is 1090. The Morgan fingerprint density at radius 3 is 2.44 bits per heavy atom. The van der Waals surface area contributed by atoms with E-state index < -0.39 is 19.9 Å². The van der Waals surface area contributed by atoms with Gasteiger partial charge in [-0.2, -0.15) is 18.3 Å². The fraction of sp³-hybridized carbons (Fsp3) is 0.263. The van der Waals surface area contributed by atoms with Crippen molar-refractivity contribution in [2.24, 2.45) is 0 Å². The molecule has 3 nitrogen and oxygen atoms in total. The third-order valence-electron chi connectivity index (χ3n) is 3.79. The highest BCUT2D eigenvalue weighted by molar-refractivity contribution is 6.83. The molecule has 0 atom stereocenters. The standard InChI is InChI=1S/C19H17ClF3N3Si/c1-12-9-13(5-6-15(12)20)16-10-17(19(21,22)23)26-18(25-16)14(11-24-26)7-8-27(2,3)4/h5-6,9-11H,1-4H3. The van der Waals surface area contributed by atoms with Gasteiger partial charge in [-0.3, -0.25) is 0 Å². The third-order valence-corrected chi connectivity index (χ3v) is 5.09. The van der Waals surface area contributed by atoms with Crippen LogP contribution in [0.3, 0.4) is 0 Å². The number of hydrogen-bond acceptors (Lipinski definition) is 2. The Balaban J connectivity index is 2.29. The van der Waals surface area contributed by atoms with E-state index in [1.54, 1.807) is 25.1 Å². The van der Waals surface area contributed by atoms with E-state index >= 15 is 0 Å². The van der Waals surface area contributed by atoms with Crippen LogP contribution in [0.2, 0.25) is 24.7 Å². The maximum Gasteiger partial charge on any atom is 0.433 e. The maximum absolute atomic E-state index is 13.6. The molecule has 0 amide bonds. The number of hydrogen-bond donors (Lipinski definition) is 0. The average Bonchev–Trinajstić information content (AvgIpc) is 2.96. The number of halogens is 4. The number of fused-ring (bicyclic) bond motifs is 1. The van der Waals surface area contributed by atoms with Gasteiger partial charge in [0.05, 0.1) is 17.5 Å². The summed E-state index contributed by atoms with van der Waals surface area (Å²) < 4.78 is 41.6. The highest BCUT2D eigenvalue weighted by Gasteiger charge is 2.35. The second-order valence-corrected chi connectivity index (χ2v) is 12.4. The Labute approximate surface area is 161 Å². The molecule has 1 aromatic carbocycles. The summed E-state index contributed by atoms with van der Waals surface area (Å²) in [7, 11) is -1.71. The Kier molecular flexibility index (Phi) is 4.83. The summed E-state index contributed by atoms with van der Waals surface area (Å²) >= 11 is 6.03.